The molecule has 0 amide bonds. The average Bonchev–Trinajstić information content (AvgIpc) is 2.95. The maximum Gasteiger partial charge on any atom is 0.0733 e. The number of halogens is 1. The van der Waals surface area contributed by atoms with Crippen LogP contribution >= 0.6 is 11.6 Å². The van der Waals surface area contributed by atoms with Gasteiger partial charge in [-0.15, -0.1) is 0 Å². The van der Waals surface area contributed by atoms with Crippen LogP contribution < -0.4 is 5.32 Å². The van der Waals surface area contributed by atoms with Gasteiger partial charge in [0.1, 0.15) is 0 Å². The van der Waals surface area contributed by atoms with Gasteiger partial charge in [0.25, 0.3) is 0 Å². The molecule has 1 N–H and O–H groups in total. The van der Waals surface area contributed by atoms with Crippen LogP contribution in [0.5, 0.6) is 0 Å². The molecule has 2 aliphatic heterocycles. The minimum atomic E-state index is 0.496. The van der Waals surface area contributed by atoms with E-state index in [-0.39, 0.29) is 0 Å². The van der Waals surface area contributed by atoms with Crippen LogP contribution in [0.4, 0.5) is 0 Å². The molecule has 2 heterocycles. The predicted octanol–water partition coefficient (Wildman–Crippen LogP) is 3.50. The first-order chi connectivity index (χ1) is 9.28. The van der Waals surface area contributed by atoms with E-state index in [9.17, 15) is 0 Å². The van der Waals surface area contributed by atoms with Crippen molar-refractivity contribution in [2.45, 2.75) is 62.3 Å². The molecule has 3 atom stereocenters. The van der Waals surface area contributed by atoms with E-state index in [0.29, 0.717) is 30.2 Å². The summed E-state index contributed by atoms with van der Waals surface area (Å²) in [6.45, 7) is 0. The van der Waals surface area contributed by atoms with Gasteiger partial charge in [0.05, 0.1) is 12.2 Å². The summed E-state index contributed by atoms with van der Waals surface area (Å²) in [6.07, 6.45) is 7.29. The van der Waals surface area contributed by atoms with E-state index in [2.05, 4.69) is 23.5 Å². The molecule has 0 radical (unpaired) electrons. The molecule has 3 fully saturated rings. The number of hydrogen-bond acceptors (Lipinski definition) is 2. The highest BCUT2D eigenvalue weighted by molar-refractivity contribution is 6.30. The fourth-order valence-corrected chi connectivity index (χ4v) is 4.10. The van der Waals surface area contributed by atoms with E-state index in [0.717, 1.165) is 5.02 Å². The Bertz CT molecular complexity index is 472. The Kier molecular flexibility index (Phi) is 3.06. The van der Waals surface area contributed by atoms with Gasteiger partial charge in [-0.3, -0.25) is 0 Å². The molecule has 1 saturated carbocycles. The molecule has 0 aromatic heterocycles. The van der Waals surface area contributed by atoms with Crippen molar-refractivity contribution in [3.8, 4) is 0 Å². The zero-order valence-electron chi connectivity index (χ0n) is 11.0. The summed E-state index contributed by atoms with van der Waals surface area (Å²) in [6, 6.07) is 9.62. The lowest BCUT2D eigenvalue weighted by Gasteiger charge is -2.39. The van der Waals surface area contributed by atoms with Gasteiger partial charge in [0, 0.05) is 17.1 Å². The predicted molar refractivity (Wildman–Crippen MR) is 76.7 cm³/mol. The fraction of sp³-hybridized carbons (Fsp3) is 0.625. The minimum Gasteiger partial charge on any atom is -0.373 e. The molecular weight excluding hydrogens is 258 g/mol. The van der Waals surface area contributed by atoms with Crippen molar-refractivity contribution >= 4 is 11.6 Å². The molecular formula is C16H20ClNO. The lowest BCUT2D eigenvalue weighted by molar-refractivity contribution is 0.0931. The van der Waals surface area contributed by atoms with Crippen LogP contribution in [0.15, 0.2) is 24.3 Å². The summed E-state index contributed by atoms with van der Waals surface area (Å²) >= 11 is 6.05. The van der Waals surface area contributed by atoms with E-state index in [1.54, 1.807) is 0 Å². The van der Waals surface area contributed by atoms with Gasteiger partial charge in [-0.1, -0.05) is 23.7 Å². The average molecular weight is 278 g/mol. The number of nitrogens with one attached hydrogen (secondary N) is 1. The highest BCUT2D eigenvalue weighted by atomic mass is 35.5. The first-order valence-electron chi connectivity index (χ1n) is 7.45. The van der Waals surface area contributed by atoms with Crippen LogP contribution in [0.1, 0.15) is 43.6 Å². The third kappa shape index (κ3) is 2.31. The number of benzene rings is 1. The standard InChI is InChI=1S/C16H20ClNO/c17-12-3-1-2-10(6-12)11-7-13(8-11)18-15-9-14-4-5-16(15)19-14/h1-3,6,11,13-16,18H,4-5,7-9H2. The Morgan fingerprint density at radius 3 is 2.74 bits per heavy atom. The van der Waals surface area contributed by atoms with Crippen LogP contribution in [0.2, 0.25) is 5.02 Å². The van der Waals surface area contributed by atoms with Gasteiger partial charge in [-0.25, -0.2) is 0 Å². The molecule has 2 saturated heterocycles. The second-order valence-electron chi connectivity index (χ2n) is 6.30. The van der Waals surface area contributed by atoms with Crippen LogP contribution in [0, 0.1) is 0 Å². The smallest absolute Gasteiger partial charge is 0.0733 e. The Morgan fingerprint density at radius 2 is 2.05 bits per heavy atom. The summed E-state index contributed by atoms with van der Waals surface area (Å²) in [4.78, 5) is 0. The van der Waals surface area contributed by atoms with Crippen LogP contribution in [0.25, 0.3) is 0 Å². The Labute approximate surface area is 119 Å². The Hall–Kier alpha value is -0.570. The van der Waals surface area contributed by atoms with Crippen molar-refractivity contribution in [3.05, 3.63) is 34.9 Å². The lowest BCUT2D eigenvalue weighted by Crippen LogP contribution is -2.49. The molecule has 19 heavy (non-hydrogen) atoms. The number of rotatable bonds is 3. The maximum atomic E-state index is 6.05. The van der Waals surface area contributed by atoms with E-state index in [1.807, 2.05) is 6.07 Å². The summed E-state index contributed by atoms with van der Waals surface area (Å²) in [7, 11) is 0. The van der Waals surface area contributed by atoms with Gasteiger partial charge in [0.2, 0.25) is 0 Å². The molecule has 2 bridgehead atoms. The van der Waals surface area contributed by atoms with Gasteiger partial charge >= 0.3 is 0 Å². The molecule has 1 aliphatic carbocycles. The van der Waals surface area contributed by atoms with Gasteiger partial charge < -0.3 is 10.1 Å². The maximum absolute atomic E-state index is 6.05. The monoisotopic (exact) mass is 277 g/mol. The first-order valence-corrected chi connectivity index (χ1v) is 7.83. The zero-order valence-corrected chi connectivity index (χ0v) is 11.8. The normalized spacial score (nSPS) is 40.4. The molecule has 3 aliphatic rings. The quantitative estimate of drug-likeness (QED) is 0.913. The number of hydrogen-bond donors (Lipinski definition) is 1. The van der Waals surface area contributed by atoms with E-state index < -0.39 is 0 Å². The molecule has 1 aromatic rings. The molecule has 3 unspecified atom stereocenters. The van der Waals surface area contributed by atoms with Crippen LogP contribution in [0.3, 0.4) is 0 Å². The van der Waals surface area contributed by atoms with Gasteiger partial charge in [-0.2, -0.15) is 0 Å². The molecule has 0 spiro atoms. The van der Waals surface area contributed by atoms with E-state index in [4.69, 9.17) is 16.3 Å². The third-order valence-corrected chi connectivity index (χ3v) is 5.25. The van der Waals surface area contributed by atoms with Crippen molar-refractivity contribution in [3.63, 3.8) is 0 Å². The third-order valence-electron chi connectivity index (χ3n) is 5.01. The van der Waals surface area contributed by atoms with Crippen LogP contribution in [-0.4, -0.2) is 24.3 Å². The largest absolute Gasteiger partial charge is 0.373 e. The first kappa shape index (κ1) is 12.2. The lowest BCUT2D eigenvalue weighted by atomic mass is 9.75. The summed E-state index contributed by atoms with van der Waals surface area (Å²) in [5.74, 6) is 0.690. The second-order valence-corrected chi connectivity index (χ2v) is 6.74. The summed E-state index contributed by atoms with van der Waals surface area (Å²) < 4.78 is 5.90. The summed E-state index contributed by atoms with van der Waals surface area (Å²) in [5.41, 5.74) is 1.40. The van der Waals surface area contributed by atoms with Crippen molar-refractivity contribution in [1.82, 2.24) is 5.32 Å². The highest BCUT2D eigenvalue weighted by Gasteiger charge is 2.43. The van der Waals surface area contributed by atoms with Crippen molar-refractivity contribution < 1.29 is 4.74 Å². The van der Waals surface area contributed by atoms with Gasteiger partial charge in [0.15, 0.2) is 0 Å². The molecule has 102 valence electrons. The number of fused-ring (bicyclic) bond motifs is 2. The van der Waals surface area contributed by atoms with E-state index >= 15 is 0 Å². The van der Waals surface area contributed by atoms with Crippen molar-refractivity contribution in [2.24, 2.45) is 0 Å². The van der Waals surface area contributed by atoms with Crippen LogP contribution in [-0.2, 0) is 4.74 Å². The molecule has 3 heteroatoms. The Morgan fingerprint density at radius 1 is 1.16 bits per heavy atom. The SMILES string of the molecule is Clc1cccc(C2CC(NC3CC4CCC3O4)C2)c1. The van der Waals surface area contributed by atoms with Gasteiger partial charge in [-0.05, 0) is 55.7 Å². The minimum absolute atomic E-state index is 0.496. The zero-order chi connectivity index (χ0) is 12.8. The fourth-order valence-electron chi connectivity index (χ4n) is 3.90. The molecule has 1 aromatic carbocycles. The molecule has 4 rings (SSSR count). The topological polar surface area (TPSA) is 21.3 Å². The number of ether oxygens (including phenoxy) is 1. The van der Waals surface area contributed by atoms with Crippen molar-refractivity contribution in [1.29, 1.82) is 0 Å². The van der Waals surface area contributed by atoms with Crippen molar-refractivity contribution in [2.75, 3.05) is 0 Å². The second kappa shape index (κ2) is 4.76. The summed E-state index contributed by atoms with van der Waals surface area (Å²) in [5, 5.41) is 4.66. The highest BCUT2D eigenvalue weighted by Crippen LogP contribution is 2.40. The molecule has 2 nitrogen and oxygen atoms in total. The Balaban J connectivity index is 1.31. The van der Waals surface area contributed by atoms with E-state index in [1.165, 1.54) is 37.7 Å².